The van der Waals surface area contributed by atoms with Crippen molar-refractivity contribution in [1.82, 2.24) is 9.97 Å². The molecule has 0 aromatic carbocycles. The van der Waals surface area contributed by atoms with E-state index in [-0.39, 0.29) is 24.9 Å². The maximum atomic E-state index is 12.4. The van der Waals surface area contributed by atoms with Crippen LogP contribution in [0.4, 0.5) is 24.9 Å². The normalized spacial score (nSPS) is 11.3. The highest BCUT2D eigenvalue weighted by atomic mass is 19.4. The molecule has 16 heavy (non-hydrogen) atoms. The molecule has 0 radical (unpaired) electrons. The zero-order valence-corrected chi connectivity index (χ0v) is 8.47. The quantitative estimate of drug-likeness (QED) is 0.725. The monoisotopic (exact) mass is 236 g/mol. The van der Waals surface area contributed by atoms with E-state index in [4.69, 9.17) is 5.11 Å². The number of aliphatic hydroxyl groups excluding tert-OH is 1. The van der Waals surface area contributed by atoms with Crippen LogP contribution in [0.5, 0.6) is 0 Å². The van der Waals surface area contributed by atoms with E-state index in [1.54, 1.807) is 0 Å². The second-order valence-electron chi connectivity index (χ2n) is 2.86. The summed E-state index contributed by atoms with van der Waals surface area (Å²) in [6, 6.07) is 0.810. The highest BCUT2D eigenvalue weighted by Gasteiger charge is 2.33. The summed E-state index contributed by atoms with van der Waals surface area (Å²) in [5, 5.41) is 13.5. The van der Waals surface area contributed by atoms with Crippen LogP contribution >= 0.6 is 0 Å². The molecule has 1 rings (SSSR count). The van der Waals surface area contributed by atoms with Gasteiger partial charge in [-0.25, -0.2) is 4.98 Å². The summed E-state index contributed by atoms with van der Waals surface area (Å²) in [4.78, 5) is 7.05. The number of aliphatic hydroxyl groups is 1. The molecule has 0 spiro atoms. The molecule has 0 aliphatic carbocycles. The van der Waals surface area contributed by atoms with Crippen molar-refractivity contribution in [3.8, 4) is 0 Å². The van der Waals surface area contributed by atoms with Crippen molar-refractivity contribution in [3.05, 3.63) is 11.8 Å². The van der Waals surface area contributed by atoms with Crippen molar-refractivity contribution in [3.63, 3.8) is 0 Å². The van der Waals surface area contributed by atoms with Gasteiger partial charge in [-0.05, 0) is 0 Å². The number of rotatable bonds is 4. The van der Waals surface area contributed by atoms with Crippen molar-refractivity contribution in [2.24, 2.45) is 0 Å². The topological polar surface area (TPSA) is 70.1 Å². The first-order valence-electron chi connectivity index (χ1n) is 4.46. The van der Waals surface area contributed by atoms with Crippen LogP contribution in [0.15, 0.2) is 6.07 Å². The minimum Gasteiger partial charge on any atom is -0.395 e. The molecular formula is C8H11F3N4O. The smallest absolute Gasteiger partial charge is 0.395 e. The van der Waals surface area contributed by atoms with Crippen molar-refractivity contribution in [2.75, 3.05) is 30.8 Å². The molecule has 1 aromatic rings. The Morgan fingerprint density at radius 1 is 1.38 bits per heavy atom. The van der Waals surface area contributed by atoms with E-state index in [0.717, 1.165) is 6.07 Å². The number of nitrogens with zero attached hydrogens (tertiary/aromatic N) is 2. The van der Waals surface area contributed by atoms with Crippen LogP contribution < -0.4 is 10.6 Å². The van der Waals surface area contributed by atoms with Gasteiger partial charge in [0, 0.05) is 19.7 Å². The lowest BCUT2D eigenvalue weighted by Crippen LogP contribution is -2.15. The van der Waals surface area contributed by atoms with Crippen LogP contribution in [0.3, 0.4) is 0 Å². The molecule has 0 bridgehead atoms. The SMILES string of the molecule is CNc1cc(C(F)(F)F)nc(NCCO)n1. The largest absolute Gasteiger partial charge is 0.433 e. The number of aromatic nitrogens is 2. The fourth-order valence-electron chi connectivity index (χ4n) is 0.967. The summed E-state index contributed by atoms with van der Waals surface area (Å²) < 4.78 is 37.2. The first-order chi connectivity index (χ1) is 7.47. The van der Waals surface area contributed by atoms with Gasteiger partial charge < -0.3 is 15.7 Å². The molecule has 8 heteroatoms. The molecule has 0 atom stereocenters. The van der Waals surface area contributed by atoms with Gasteiger partial charge in [0.2, 0.25) is 5.95 Å². The van der Waals surface area contributed by atoms with E-state index >= 15 is 0 Å². The van der Waals surface area contributed by atoms with Gasteiger partial charge >= 0.3 is 6.18 Å². The summed E-state index contributed by atoms with van der Waals surface area (Å²) >= 11 is 0. The van der Waals surface area contributed by atoms with Crippen LogP contribution in [0.2, 0.25) is 0 Å². The second-order valence-corrected chi connectivity index (χ2v) is 2.86. The molecule has 0 saturated carbocycles. The summed E-state index contributed by atoms with van der Waals surface area (Å²) in [5.41, 5.74) is -1.03. The number of halogens is 3. The minimum atomic E-state index is -4.52. The maximum Gasteiger partial charge on any atom is 0.433 e. The molecule has 1 heterocycles. The van der Waals surface area contributed by atoms with Gasteiger partial charge in [0.05, 0.1) is 6.61 Å². The summed E-state index contributed by atoms with van der Waals surface area (Å²) in [6.07, 6.45) is -4.52. The summed E-state index contributed by atoms with van der Waals surface area (Å²) in [6.45, 7) is -0.126. The zero-order chi connectivity index (χ0) is 12.2. The molecule has 5 nitrogen and oxygen atoms in total. The first kappa shape index (κ1) is 12.5. The van der Waals surface area contributed by atoms with E-state index in [9.17, 15) is 13.2 Å². The van der Waals surface area contributed by atoms with Crippen LogP contribution in [0, 0.1) is 0 Å². The van der Waals surface area contributed by atoms with E-state index in [1.165, 1.54) is 7.05 Å². The van der Waals surface area contributed by atoms with Crippen molar-refractivity contribution in [1.29, 1.82) is 0 Å². The molecule has 0 aliphatic rings. The van der Waals surface area contributed by atoms with Crippen molar-refractivity contribution < 1.29 is 18.3 Å². The third kappa shape index (κ3) is 3.23. The van der Waals surface area contributed by atoms with Gasteiger partial charge in [-0.2, -0.15) is 18.2 Å². The second kappa shape index (κ2) is 4.97. The third-order valence-corrected chi connectivity index (χ3v) is 1.67. The van der Waals surface area contributed by atoms with Gasteiger partial charge in [0.25, 0.3) is 0 Å². The predicted octanol–water partition coefficient (Wildman–Crippen LogP) is 0.941. The van der Waals surface area contributed by atoms with Crippen LogP contribution in [0.25, 0.3) is 0 Å². The number of hydrogen-bond acceptors (Lipinski definition) is 5. The minimum absolute atomic E-state index is 0.0581. The molecule has 0 fully saturated rings. The molecule has 0 aliphatic heterocycles. The lowest BCUT2D eigenvalue weighted by atomic mass is 10.4. The molecule has 0 saturated heterocycles. The highest BCUT2D eigenvalue weighted by molar-refractivity contribution is 5.42. The lowest BCUT2D eigenvalue weighted by molar-refractivity contribution is -0.141. The average molecular weight is 236 g/mol. The number of hydrogen-bond donors (Lipinski definition) is 3. The Bertz CT molecular complexity index is 356. The lowest BCUT2D eigenvalue weighted by Gasteiger charge is -2.10. The molecule has 0 amide bonds. The molecule has 90 valence electrons. The first-order valence-corrected chi connectivity index (χ1v) is 4.46. The average Bonchev–Trinajstić information content (AvgIpc) is 2.24. The fourth-order valence-corrected chi connectivity index (χ4v) is 0.967. The van der Waals surface area contributed by atoms with Crippen LogP contribution in [0.1, 0.15) is 5.69 Å². The molecule has 1 aromatic heterocycles. The zero-order valence-electron chi connectivity index (χ0n) is 8.47. The Morgan fingerprint density at radius 3 is 2.56 bits per heavy atom. The Balaban J connectivity index is 3.01. The Morgan fingerprint density at radius 2 is 2.06 bits per heavy atom. The Hall–Kier alpha value is -1.57. The van der Waals surface area contributed by atoms with E-state index in [0.29, 0.717) is 0 Å². The molecule has 3 N–H and O–H groups in total. The van der Waals surface area contributed by atoms with E-state index < -0.39 is 11.9 Å². The van der Waals surface area contributed by atoms with Crippen LogP contribution in [-0.2, 0) is 6.18 Å². The van der Waals surface area contributed by atoms with Crippen molar-refractivity contribution >= 4 is 11.8 Å². The molecule has 0 unspecified atom stereocenters. The van der Waals surface area contributed by atoms with E-state index in [1.807, 2.05) is 0 Å². The highest BCUT2D eigenvalue weighted by Crippen LogP contribution is 2.29. The Kier molecular flexibility index (Phi) is 3.88. The Labute approximate surface area is 89.7 Å². The van der Waals surface area contributed by atoms with Crippen LogP contribution in [-0.4, -0.2) is 35.3 Å². The molecular weight excluding hydrogens is 225 g/mol. The number of nitrogens with one attached hydrogen (secondary N) is 2. The van der Waals surface area contributed by atoms with Gasteiger partial charge in [0.1, 0.15) is 5.82 Å². The van der Waals surface area contributed by atoms with Gasteiger partial charge in [-0.15, -0.1) is 0 Å². The summed E-state index contributed by atoms with van der Waals surface area (Å²) in [7, 11) is 1.46. The van der Waals surface area contributed by atoms with Gasteiger partial charge in [-0.3, -0.25) is 0 Å². The van der Waals surface area contributed by atoms with Crippen molar-refractivity contribution in [2.45, 2.75) is 6.18 Å². The van der Waals surface area contributed by atoms with E-state index in [2.05, 4.69) is 20.6 Å². The summed E-state index contributed by atoms with van der Waals surface area (Å²) in [5.74, 6) is -0.115. The van der Waals surface area contributed by atoms with Gasteiger partial charge in [-0.1, -0.05) is 0 Å². The fraction of sp³-hybridized carbons (Fsp3) is 0.500. The third-order valence-electron chi connectivity index (χ3n) is 1.67. The maximum absolute atomic E-state index is 12.4. The number of anilines is 2. The standard InChI is InChI=1S/C8H11F3N4O/c1-12-6-4-5(8(9,10)11)14-7(15-6)13-2-3-16/h4,16H,2-3H2,1H3,(H2,12,13,14,15). The number of alkyl halides is 3. The predicted molar refractivity (Wildman–Crippen MR) is 52.2 cm³/mol. The van der Waals surface area contributed by atoms with Gasteiger partial charge in [0.15, 0.2) is 5.69 Å².